The molecule has 2 aromatic rings. The third kappa shape index (κ3) is 4.06. The van der Waals surface area contributed by atoms with Crippen molar-refractivity contribution in [3.05, 3.63) is 65.2 Å². The van der Waals surface area contributed by atoms with Crippen molar-refractivity contribution in [2.75, 3.05) is 11.9 Å². The molecule has 5 nitrogen and oxygen atoms in total. The van der Waals surface area contributed by atoms with Gasteiger partial charge in [0.05, 0.1) is 17.6 Å². The van der Waals surface area contributed by atoms with Gasteiger partial charge in [-0.1, -0.05) is 35.9 Å². The fourth-order valence-corrected chi connectivity index (χ4v) is 3.10. The van der Waals surface area contributed by atoms with Gasteiger partial charge in [-0.3, -0.25) is 4.79 Å². The van der Waals surface area contributed by atoms with Crippen LogP contribution in [0.3, 0.4) is 0 Å². The molecule has 1 amide bonds. The number of amides is 1. The molecule has 2 atom stereocenters. The Bertz CT molecular complexity index is 770. The molecule has 0 saturated carbocycles. The van der Waals surface area contributed by atoms with E-state index in [9.17, 15) is 9.59 Å². The van der Waals surface area contributed by atoms with Gasteiger partial charge in [0, 0.05) is 12.3 Å². The molecule has 1 aliphatic heterocycles. The summed E-state index contributed by atoms with van der Waals surface area (Å²) in [4.78, 5) is 23.8. The molecule has 1 aliphatic rings. The summed E-state index contributed by atoms with van der Waals surface area (Å²) >= 11 is 0. The lowest BCUT2D eigenvalue weighted by Crippen LogP contribution is -2.33. The fourth-order valence-electron chi connectivity index (χ4n) is 3.10. The van der Waals surface area contributed by atoms with Crippen molar-refractivity contribution in [3.63, 3.8) is 0 Å². The molecule has 1 fully saturated rings. The first-order chi connectivity index (χ1) is 12.0. The monoisotopic (exact) mass is 339 g/mol. The van der Waals surface area contributed by atoms with Gasteiger partial charge in [-0.15, -0.1) is 0 Å². The number of hydrogen-bond acceptors (Lipinski definition) is 3. The number of carbonyl (C=O) groups excluding carboxylic acids is 1. The van der Waals surface area contributed by atoms with Crippen LogP contribution < -0.4 is 5.32 Å². The SMILES string of the molecule is Cc1ccc(C2OCCCC2C(=O)Nc2cccc(C(=O)O)c2)cc1. The molecule has 5 heteroatoms. The van der Waals surface area contributed by atoms with Gasteiger partial charge in [-0.05, 0) is 43.5 Å². The lowest BCUT2D eigenvalue weighted by Gasteiger charge is -2.31. The molecule has 0 spiro atoms. The number of benzene rings is 2. The summed E-state index contributed by atoms with van der Waals surface area (Å²) < 4.78 is 5.88. The van der Waals surface area contributed by atoms with Gasteiger partial charge in [0.2, 0.25) is 5.91 Å². The minimum Gasteiger partial charge on any atom is -0.478 e. The summed E-state index contributed by atoms with van der Waals surface area (Å²) in [6, 6.07) is 14.3. The fraction of sp³-hybridized carbons (Fsp3) is 0.300. The van der Waals surface area contributed by atoms with Crippen LogP contribution in [0.4, 0.5) is 5.69 Å². The number of aromatic carboxylic acids is 1. The maximum atomic E-state index is 12.8. The summed E-state index contributed by atoms with van der Waals surface area (Å²) in [5.41, 5.74) is 2.78. The third-order valence-electron chi connectivity index (χ3n) is 4.44. The van der Waals surface area contributed by atoms with Crippen molar-refractivity contribution in [1.29, 1.82) is 0 Å². The molecule has 3 rings (SSSR count). The predicted octanol–water partition coefficient (Wildman–Crippen LogP) is 3.80. The molecule has 2 unspecified atom stereocenters. The normalized spacial score (nSPS) is 20.0. The van der Waals surface area contributed by atoms with E-state index < -0.39 is 5.97 Å². The topological polar surface area (TPSA) is 75.6 Å². The summed E-state index contributed by atoms with van der Waals surface area (Å²) in [5.74, 6) is -1.47. The Morgan fingerprint density at radius 3 is 2.64 bits per heavy atom. The second-order valence-corrected chi connectivity index (χ2v) is 6.33. The lowest BCUT2D eigenvalue weighted by atomic mass is 9.88. The zero-order valence-electron chi connectivity index (χ0n) is 14.1. The van der Waals surface area contributed by atoms with Crippen molar-refractivity contribution in [2.45, 2.75) is 25.9 Å². The second-order valence-electron chi connectivity index (χ2n) is 6.33. The van der Waals surface area contributed by atoms with Crippen LogP contribution in [0.2, 0.25) is 0 Å². The maximum absolute atomic E-state index is 12.8. The number of carboxylic acids is 1. The van der Waals surface area contributed by atoms with Crippen LogP contribution in [-0.2, 0) is 9.53 Å². The number of aryl methyl sites for hydroxylation is 1. The molecule has 0 aromatic heterocycles. The van der Waals surface area contributed by atoms with E-state index in [1.54, 1.807) is 12.1 Å². The minimum atomic E-state index is -1.02. The van der Waals surface area contributed by atoms with Crippen molar-refractivity contribution >= 4 is 17.6 Å². The van der Waals surface area contributed by atoms with Crippen LogP contribution in [-0.4, -0.2) is 23.6 Å². The van der Waals surface area contributed by atoms with Crippen LogP contribution in [0.5, 0.6) is 0 Å². The Morgan fingerprint density at radius 1 is 1.16 bits per heavy atom. The predicted molar refractivity (Wildman–Crippen MR) is 94.6 cm³/mol. The highest BCUT2D eigenvalue weighted by Crippen LogP contribution is 2.34. The van der Waals surface area contributed by atoms with Gasteiger partial charge >= 0.3 is 5.97 Å². The summed E-state index contributed by atoms with van der Waals surface area (Å²) in [6.45, 7) is 2.65. The highest BCUT2D eigenvalue weighted by molar-refractivity contribution is 5.95. The second kappa shape index (κ2) is 7.49. The highest BCUT2D eigenvalue weighted by Gasteiger charge is 2.33. The number of ether oxygens (including phenoxy) is 1. The van der Waals surface area contributed by atoms with Gasteiger partial charge in [0.25, 0.3) is 0 Å². The zero-order valence-corrected chi connectivity index (χ0v) is 14.1. The Hall–Kier alpha value is -2.66. The van der Waals surface area contributed by atoms with E-state index in [0.717, 1.165) is 24.0 Å². The molecule has 0 radical (unpaired) electrons. The van der Waals surface area contributed by atoms with Crippen LogP contribution in [0, 0.1) is 12.8 Å². The molecule has 2 N–H and O–H groups in total. The van der Waals surface area contributed by atoms with Crippen molar-refractivity contribution in [2.24, 2.45) is 5.92 Å². The Labute approximate surface area is 146 Å². The first-order valence-electron chi connectivity index (χ1n) is 8.37. The van der Waals surface area contributed by atoms with E-state index >= 15 is 0 Å². The average Bonchev–Trinajstić information content (AvgIpc) is 2.62. The van der Waals surface area contributed by atoms with Crippen LogP contribution >= 0.6 is 0 Å². The lowest BCUT2D eigenvalue weighted by molar-refractivity contribution is -0.129. The Balaban J connectivity index is 1.78. The van der Waals surface area contributed by atoms with E-state index in [1.165, 1.54) is 12.1 Å². The quantitative estimate of drug-likeness (QED) is 0.888. The van der Waals surface area contributed by atoms with Crippen molar-refractivity contribution in [3.8, 4) is 0 Å². The molecule has 2 aromatic carbocycles. The minimum absolute atomic E-state index is 0.146. The van der Waals surface area contributed by atoms with Crippen molar-refractivity contribution < 1.29 is 19.4 Å². The summed E-state index contributed by atoms with van der Waals surface area (Å²) in [5, 5.41) is 11.9. The van der Waals surface area contributed by atoms with Crippen molar-refractivity contribution in [1.82, 2.24) is 0 Å². The number of carboxylic acid groups (broad SMARTS) is 1. The smallest absolute Gasteiger partial charge is 0.335 e. The van der Waals surface area contributed by atoms with Crippen LogP contribution in [0.1, 0.15) is 40.4 Å². The molecular weight excluding hydrogens is 318 g/mol. The number of nitrogens with one attached hydrogen (secondary N) is 1. The molecule has 0 aliphatic carbocycles. The Morgan fingerprint density at radius 2 is 1.92 bits per heavy atom. The summed E-state index contributed by atoms with van der Waals surface area (Å²) in [7, 11) is 0. The van der Waals surface area contributed by atoms with Gasteiger partial charge in [0.1, 0.15) is 0 Å². The maximum Gasteiger partial charge on any atom is 0.335 e. The Kier molecular flexibility index (Phi) is 5.14. The molecule has 0 bridgehead atoms. The summed E-state index contributed by atoms with van der Waals surface area (Å²) in [6.07, 6.45) is 1.29. The van der Waals surface area contributed by atoms with Crippen LogP contribution in [0.25, 0.3) is 0 Å². The third-order valence-corrected chi connectivity index (χ3v) is 4.44. The van der Waals surface area contributed by atoms with Gasteiger partial charge < -0.3 is 15.2 Å². The van der Waals surface area contributed by atoms with Gasteiger partial charge in [-0.2, -0.15) is 0 Å². The van der Waals surface area contributed by atoms with Gasteiger partial charge in [0.15, 0.2) is 0 Å². The van der Waals surface area contributed by atoms with E-state index in [4.69, 9.17) is 9.84 Å². The molecule has 1 saturated heterocycles. The van der Waals surface area contributed by atoms with E-state index in [1.807, 2.05) is 31.2 Å². The number of anilines is 1. The molecule has 1 heterocycles. The largest absolute Gasteiger partial charge is 0.478 e. The first-order valence-corrected chi connectivity index (χ1v) is 8.37. The van der Waals surface area contributed by atoms with E-state index in [-0.39, 0.29) is 23.5 Å². The molecule has 130 valence electrons. The van der Waals surface area contributed by atoms with E-state index in [0.29, 0.717) is 12.3 Å². The average molecular weight is 339 g/mol. The number of carbonyl (C=O) groups is 2. The molecule has 25 heavy (non-hydrogen) atoms. The van der Waals surface area contributed by atoms with Crippen LogP contribution in [0.15, 0.2) is 48.5 Å². The first kappa shape index (κ1) is 17.2. The van der Waals surface area contributed by atoms with E-state index in [2.05, 4.69) is 5.32 Å². The zero-order chi connectivity index (χ0) is 17.8. The molecular formula is C20H21NO4. The number of rotatable bonds is 4. The van der Waals surface area contributed by atoms with Gasteiger partial charge in [-0.25, -0.2) is 4.79 Å². The highest BCUT2D eigenvalue weighted by atomic mass is 16.5. The number of hydrogen-bond donors (Lipinski definition) is 2. The standard InChI is InChI=1S/C20H21NO4/c1-13-7-9-14(10-8-13)18-17(6-3-11-25-18)19(22)21-16-5-2-4-15(12-16)20(23)24/h2,4-5,7-10,12,17-18H,3,6,11H2,1H3,(H,21,22)(H,23,24).